The first-order chi connectivity index (χ1) is 24.3. The van der Waals surface area contributed by atoms with Crippen molar-refractivity contribution in [3.63, 3.8) is 0 Å². The predicted molar refractivity (Wildman–Crippen MR) is 209 cm³/mol. The number of hydrogen-bond acceptors (Lipinski definition) is 5. The molecule has 1 fully saturated rings. The molecule has 0 atom stereocenters. The molecule has 11 heteroatoms. The van der Waals surface area contributed by atoms with Gasteiger partial charge in [-0.2, -0.15) is 13.2 Å². The van der Waals surface area contributed by atoms with Crippen molar-refractivity contribution in [2.75, 3.05) is 13.2 Å². The molecule has 0 amide bonds. The molecule has 0 spiro atoms. The van der Waals surface area contributed by atoms with Crippen molar-refractivity contribution in [1.82, 2.24) is 4.98 Å². The van der Waals surface area contributed by atoms with Crippen LogP contribution in [-0.4, -0.2) is 35.1 Å². The van der Waals surface area contributed by atoms with Gasteiger partial charge in [-0.1, -0.05) is 92.5 Å². The molecule has 1 saturated heterocycles. The second-order valence-electron chi connectivity index (χ2n) is 13.9. The second kappa shape index (κ2) is 21.7. The molecule has 4 aromatic carbocycles. The quantitative estimate of drug-likeness (QED) is 0.134. The van der Waals surface area contributed by atoms with Crippen LogP contribution in [0.5, 0.6) is 5.75 Å². The molecule has 5 aromatic rings. The van der Waals surface area contributed by atoms with E-state index in [4.69, 9.17) is 37.7 Å². The number of rotatable bonds is 4. The Kier molecular flexibility index (Phi) is 19.2. The van der Waals surface area contributed by atoms with Gasteiger partial charge in [-0.3, -0.25) is 4.99 Å². The first-order valence-corrected chi connectivity index (χ1v) is 17.7. The zero-order chi connectivity index (χ0) is 38.5. The Morgan fingerprint density at radius 1 is 0.792 bits per heavy atom. The van der Waals surface area contributed by atoms with Crippen molar-refractivity contribution in [3.8, 4) is 17.0 Å². The molecule has 0 saturated carbocycles. The van der Waals surface area contributed by atoms with Crippen LogP contribution in [-0.2, 0) is 10.9 Å². The van der Waals surface area contributed by atoms with E-state index in [-0.39, 0.29) is 64.1 Å². The summed E-state index contributed by atoms with van der Waals surface area (Å²) in [6.45, 7) is 14.7. The molecule has 1 aliphatic heterocycles. The standard InChI is InChI=1S/C19H18ClNO.C15H11ClF3N.C4H8O.C4H9O.K.H2/c1-19(2,3)22-18-12-17(13-8-10-14(20)11-9-13)21-16-7-5-4-6-15(16)18;1-10(11-6-8-12(16)9-7-11)20-14-5-3-2-4-13(14)15(17,18)19;1-2-4-5-3-1;1-4(2,3)5;;/h4-12H,1-3H3;2-9H,1H3;1-4H2;1-3H3;;1H/q;;;-1;+1;/i;;;;;1+1. The summed E-state index contributed by atoms with van der Waals surface area (Å²) >= 11 is 11.7. The van der Waals surface area contributed by atoms with Crippen molar-refractivity contribution < 1.29 is 80.6 Å². The Morgan fingerprint density at radius 3 is 1.81 bits per heavy atom. The van der Waals surface area contributed by atoms with Gasteiger partial charge in [0.1, 0.15) is 11.4 Å². The van der Waals surface area contributed by atoms with Crippen LogP contribution in [0.1, 0.15) is 73.9 Å². The summed E-state index contributed by atoms with van der Waals surface area (Å²) < 4.78 is 49.7. The average Bonchev–Trinajstić information content (AvgIpc) is 3.65. The minimum absolute atomic E-state index is 0. The van der Waals surface area contributed by atoms with Gasteiger partial charge < -0.3 is 14.6 Å². The summed E-state index contributed by atoms with van der Waals surface area (Å²) in [5.74, 6) is 0.850. The average molecular weight is 797 g/mol. The van der Waals surface area contributed by atoms with Gasteiger partial charge >= 0.3 is 57.6 Å². The molecule has 0 radical (unpaired) electrons. The fourth-order valence-corrected chi connectivity index (χ4v) is 4.84. The Bertz CT molecular complexity index is 1880. The summed E-state index contributed by atoms with van der Waals surface area (Å²) in [5.41, 5.74) is 2.21. The maximum atomic E-state index is 12.9. The number of aliphatic imine (C=N–C) groups is 1. The molecule has 280 valence electrons. The van der Waals surface area contributed by atoms with Crippen LogP contribution in [0, 0.1) is 0 Å². The monoisotopic (exact) mass is 795 g/mol. The van der Waals surface area contributed by atoms with Crippen LogP contribution in [0.2, 0.25) is 10.0 Å². The van der Waals surface area contributed by atoms with E-state index < -0.39 is 17.3 Å². The molecule has 2 heterocycles. The summed E-state index contributed by atoms with van der Waals surface area (Å²) in [7, 11) is 0. The SMILES string of the molecule is C1CCOC1.CC(=Nc1ccccc1C(F)(F)F)c1ccc(Cl)cc1.CC(C)(C)Oc1cc(-c2ccc(Cl)cc2)nc2ccccc12.CC(C)(C)[O-].[2HH].[K+]. The van der Waals surface area contributed by atoms with Crippen molar-refractivity contribution in [2.45, 2.75) is 78.7 Å². The maximum absolute atomic E-state index is 12.9. The molecular weight excluding hydrogens is 747 g/mol. The van der Waals surface area contributed by atoms with Gasteiger partial charge in [0.2, 0.25) is 0 Å². The fraction of sp³-hybridized carbons (Fsp3) is 0.333. The van der Waals surface area contributed by atoms with Crippen molar-refractivity contribution in [1.29, 1.82) is 0 Å². The summed E-state index contributed by atoms with van der Waals surface area (Å²) in [5, 5.41) is 12.4. The number of hydrogen-bond donors (Lipinski definition) is 0. The molecule has 1 aliphatic rings. The van der Waals surface area contributed by atoms with Crippen LogP contribution >= 0.6 is 23.2 Å². The first-order valence-electron chi connectivity index (χ1n) is 16.9. The van der Waals surface area contributed by atoms with Gasteiger partial charge in [0.15, 0.2) is 0 Å². The van der Waals surface area contributed by atoms with E-state index in [1.807, 2.05) is 75.4 Å². The Balaban J connectivity index is 0.000000419. The van der Waals surface area contributed by atoms with Gasteiger partial charge in [0.05, 0.1) is 22.5 Å². The number of halogens is 5. The topological polar surface area (TPSA) is 66.8 Å². The number of aromatic nitrogens is 1. The van der Waals surface area contributed by atoms with E-state index in [0.717, 1.165) is 57.8 Å². The van der Waals surface area contributed by atoms with Gasteiger partial charge in [0, 0.05) is 47.4 Å². The van der Waals surface area contributed by atoms with Crippen LogP contribution in [0.3, 0.4) is 0 Å². The molecular formula is C42H48Cl2F3KN2O3. The molecule has 53 heavy (non-hydrogen) atoms. The van der Waals surface area contributed by atoms with Gasteiger partial charge in [-0.15, -0.1) is 5.60 Å². The summed E-state index contributed by atoms with van der Waals surface area (Å²) in [6, 6.07) is 29.8. The molecule has 0 aliphatic carbocycles. The maximum Gasteiger partial charge on any atom is 1.00 e. The zero-order valence-electron chi connectivity index (χ0n) is 31.7. The first kappa shape index (κ1) is 46.8. The van der Waals surface area contributed by atoms with Crippen molar-refractivity contribution in [2.24, 2.45) is 4.99 Å². The van der Waals surface area contributed by atoms with E-state index in [0.29, 0.717) is 10.7 Å². The third-order valence-electron chi connectivity index (χ3n) is 6.82. The van der Waals surface area contributed by atoms with Gasteiger partial charge in [-0.05, 0) is 94.6 Å². The Labute approximate surface area is 365 Å². The minimum Gasteiger partial charge on any atom is -0.850 e. The van der Waals surface area contributed by atoms with E-state index in [1.54, 1.807) is 52.0 Å². The Hall–Kier alpha value is -2.31. The summed E-state index contributed by atoms with van der Waals surface area (Å²) in [4.78, 5) is 8.82. The fourth-order valence-electron chi connectivity index (χ4n) is 4.58. The number of fused-ring (bicyclic) bond motifs is 1. The van der Waals surface area contributed by atoms with Crippen LogP contribution in [0.25, 0.3) is 22.2 Å². The van der Waals surface area contributed by atoms with Crippen molar-refractivity contribution >= 4 is 45.5 Å². The number of alkyl halides is 3. The number of ether oxygens (including phenoxy) is 2. The molecule has 1 aromatic heterocycles. The largest absolute Gasteiger partial charge is 1.00 e. The molecule has 6 rings (SSSR count). The number of para-hydroxylation sites is 2. The third-order valence-corrected chi connectivity index (χ3v) is 7.33. The minimum atomic E-state index is -4.42. The van der Waals surface area contributed by atoms with E-state index >= 15 is 0 Å². The van der Waals surface area contributed by atoms with Gasteiger partial charge in [0.25, 0.3) is 0 Å². The third kappa shape index (κ3) is 17.8. The van der Waals surface area contributed by atoms with E-state index in [1.165, 1.54) is 31.0 Å². The van der Waals surface area contributed by atoms with E-state index in [2.05, 4.69) is 4.99 Å². The van der Waals surface area contributed by atoms with Crippen LogP contribution in [0.15, 0.2) is 108 Å². The molecule has 5 nitrogen and oxygen atoms in total. The number of pyridine rings is 1. The number of nitrogens with zero attached hydrogens (tertiary/aromatic N) is 2. The molecule has 0 unspecified atom stereocenters. The summed E-state index contributed by atoms with van der Waals surface area (Å²) in [6.07, 6.45) is -1.86. The van der Waals surface area contributed by atoms with Crippen LogP contribution in [0.4, 0.5) is 18.9 Å². The molecule has 0 bridgehead atoms. The second-order valence-corrected chi connectivity index (χ2v) is 14.8. The van der Waals surface area contributed by atoms with Crippen LogP contribution < -0.4 is 61.2 Å². The van der Waals surface area contributed by atoms with Gasteiger partial charge in [-0.25, -0.2) is 4.98 Å². The zero-order valence-corrected chi connectivity index (χ0v) is 36.3. The van der Waals surface area contributed by atoms with E-state index in [9.17, 15) is 18.3 Å². The van der Waals surface area contributed by atoms with Crippen molar-refractivity contribution in [3.05, 3.63) is 124 Å². The molecule has 0 N–H and O–H groups in total. The Morgan fingerprint density at radius 2 is 1.30 bits per heavy atom. The number of benzene rings is 4. The predicted octanol–water partition coefficient (Wildman–Crippen LogP) is 9.42. The smallest absolute Gasteiger partial charge is 0.850 e. The normalized spacial score (nSPS) is 13.0.